The molecule has 1 aromatic carbocycles. The predicted octanol–water partition coefficient (Wildman–Crippen LogP) is 6.01. The van der Waals surface area contributed by atoms with Crippen molar-refractivity contribution in [2.24, 2.45) is 10.8 Å². The smallest absolute Gasteiger partial charge is 0.341 e. The van der Waals surface area contributed by atoms with Crippen molar-refractivity contribution in [1.29, 1.82) is 0 Å². The summed E-state index contributed by atoms with van der Waals surface area (Å²) in [6.07, 6.45) is 2.26. The molecule has 0 spiro atoms. The average molecular weight is 639 g/mol. The van der Waals surface area contributed by atoms with Gasteiger partial charge in [0.05, 0.1) is 15.6 Å². The minimum atomic E-state index is -1.08. The highest BCUT2D eigenvalue weighted by Gasteiger charge is 2.49. The number of Topliss-reactive ketones (excluding diaryl/α,β-unsaturated/α-hetero) is 2. The lowest BCUT2D eigenvalue weighted by Gasteiger charge is -2.49. The number of nitrogens with zero attached hydrogens (tertiary/aromatic N) is 1. The highest BCUT2D eigenvalue weighted by Crippen LogP contribution is 2.55. The van der Waals surface area contributed by atoms with E-state index in [0.29, 0.717) is 51.8 Å². The van der Waals surface area contributed by atoms with Crippen LogP contribution in [0.5, 0.6) is 5.75 Å². The molecule has 9 heteroatoms. The molecule has 37 heavy (non-hydrogen) atoms. The van der Waals surface area contributed by atoms with Gasteiger partial charge in [-0.2, -0.15) is 0 Å². The van der Waals surface area contributed by atoms with Gasteiger partial charge in [-0.1, -0.05) is 27.7 Å². The van der Waals surface area contributed by atoms with E-state index in [-0.39, 0.29) is 22.4 Å². The van der Waals surface area contributed by atoms with Gasteiger partial charge in [0, 0.05) is 55.0 Å². The van der Waals surface area contributed by atoms with Crippen molar-refractivity contribution in [2.45, 2.75) is 59.3 Å². The van der Waals surface area contributed by atoms with Crippen LogP contribution in [0.15, 0.2) is 43.6 Å². The molecule has 0 atom stereocenters. The normalized spacial score (nSPS) is 21.2. The zero-order valence-electron chi connectivity index (χ0n) is 21.9. The number of halogens is 2. The fraction of sp³-hybridized carbons (Fsp3) is 0.536. The summed E-state index contributed by atoms with van der Waals surface area (Å²) in [7, 11) is 1.66. The lowest BCUT2D eigenvalue weighted by atomic mass is 9.63. The van der Waals surface area contributed by atoms with Crippen LogP contribution in [0.25, 0.3) is 0 Å². The minimum Gasteiger partial charge on any atom is -0.480 e. The summed E-state index contributed by atoms with van der Waals surface area (Å²) in [5.41, 5.74) is 3.70. The van der Waals surface area contributed by atoms with Gasteiger partial charge in [0.1, 0.15) is 5.75 Å². The summed E-state index contributed by atoms with van der Waals surface area (Å²) in [5.74, 6) is -1.11. The molecule has 1 aliphatic heterocycles. The second kappa shape index (κ2) is 10.3. The molecule has 0 saturated heterocycles. The van der Waals surface area contributed by atoms with Crippen LogP contribution in [0.3, 0.4) is 0 Å². The van der Waals surface area contributed by atoms with Crippen LogP contribution in [0.2, 0.25) is 0 Å². The number of ketones is 2. The van der Waals surface area contributed by atoms with E-state index < -0.39 is 18.5 Å². The third-order valence-corrected chi connectivity index (χ3v) is 8.41. The molecule has 2 aliphatic carbocycles. The molecular formula is C28H33Br2NO6. The van der Waals surface area contributed by atoms with Crippen LogP contribution in [-0.2, 0) is 19.1 Å². The first-order valence-corrected chi connectivity index (χ1v) is 14.0. The fourth-order valence-corrected chi connectivity index (χ4v) is 7.30. The number of carboxylic acid groups (broad SMARTS) is 1. The second-order valence-electron chi connectivity index (χ2n) is 11.7. The summed E-state index contributed by atoms with van der Waals surface area (Å²) >= 11 is 7.05. The van der Waals surface area contributed by atoms with E-state index in [4.69, 9.17) is 14.6 Å². The van der Waals surface area contributed by atoms with Gasteiger partial charge in [0.15, 0.2) is 18.2 Å². The molecule has 200 valence electrons. The summed E-state index contributed by atoms with van der Waals surface area (Å²) in [6, 6.07) is 3.68. The second-order valence-corrected chi connectivity index (χ2v) is 13.4. The number of rotatable bonds is 7. The van der Waals surface area contributed by atoms with Crippen LogP contribution in [0.4, 0.5) is 0 Å². The molecule has 4 rings (SSSR count). The molecule has 1 heterocycles. The Morgan fingerprint density at radius 1 is 0.973 bits per heavy atom. The summed E-state index contributed by atoms with van der Waals surface area (Å²) in [5, 5.41) is 9.05. The molecule has 0 saturated carbocycles. The molecule has 7 nitrogen and oxygen atoms in total. The number of benzene rings is 1. The Kier molecular flexibility index (Phi) is 7.81. The third-order valence-electron chi connectivity index (χ3n) is 7.23. The maximum absolute atomic E-state index is 13.8. The number of hydrogen-bond donors (Lipinski definition) is 1. The van der Waals surface area contributed by atoms with Gasteiger partial charge in [-0.05, 0) is 73.2 Å². The molecular weight excluding hydrogens is 606 g/mol. The van der Waals surface area contributed by atoms with Gasteiger partial charge in [-0.3, -0.25) is 9.59 Å². The monoisotopic (exact) mass is 637 g/mol. The van der Waals surface area contributed by atoms with Gasteiger partial charge < -0.3 is 19.5 Å². The molecule has 0 amide bonds. The molecule has 1 aromatic rings. The quantitative estimate of drug-likeness (QED) is 0.391. The number of hydrogen-bond acceptors (Lipinski definition) is 6. The minimum absolute atomic E-state index is 0.0568. The average Bonchev–Trinajstić information content (AvgIpc) is 2.74. The van der Waals surface area contributed by atoms with Gasteiger partial charge in [0.2, 0.25) is 0 Å². The van der Waals surface area contributed by atoms with Crippen molar-refractivity contribution < 1.29 is 29.0 Å². The highest BCUT2D eigenvalue weighted by molar-refractivity contribution is 9.11. The zero-order chi connectivity index (χ0) is 27.3. The largest absolute Gasteiger partial charge is 0.480 e. The van der Waals surface area contributed by atoms with Crippen molar-refractivity contribution in [3.8, 4) is 5.75 Å². The molecule has 1 N–H and O–H groups in total. The van der Waals surface area contributed by atoms with Crippen LogP contribution in [0.1, 0.15) is 64.9 Å². The number of methoxy groups -OCH3 is 1. The highest BCUT2D eigenvalue weighted by atomic mass is 79.9. The first-order chi connectivity index (χ1) is 17.2. The van der Waals surface area contributed by atoms with Gasteiger partial charge >= 0.3 is 5.97 Å². The Morgan fingerprint density at radius 3 is 1.89 bits per heavy atom. The van der Waals surface area contributed by atoms with Crippen molar-refractivity contribution in [2.75, 3.05) is 26.9 Å². The first-order valence-electron chi connectivity index (χ1n) is 12.4. The van der Waals surface area contributed by atoms with E-state index in [1.807, 2.05) is 12.1 Å². The Balaban J connectivity index is 1.94. The third kappa shape index (κ3) is 5.59. The van der Waals surface area contributed by atoms with Gasteiger partial charge in [0.25, 0.3) is 0 Å². The molecule has 0 aromatic heterocycles. The molecule has 0 unspecified atom stereocenters. The molecule has 0 radical (unpaired) electrons. The number of aliphatic carboxylic acids is 1. The Bertz CT molecular complexity index is 1150. The fourth-order valence-electron chi connectivity index (χ4n) is 5.85. The van der Waals surface area contributed by atoms with E-state index in [1.54, 1.807) is 7.11 Å². The molecule has 3 aliphatic rings. The number of ether oxygens (including phenoxy) is 2. The lowest BCUT2D eigenvalue weighted by Crippen LogP contribution is -2.45. The maximum atomic E-state index is 13.8. The van der Waals surface area contributed by atoms with Crippen LogP contribution in [-0.4, -0.2) is 54.4 Å². The van der Waals surface area contributed by atoms with E-state index >= 15 is 0 Å². The number of allylic oxidation sites excluding steroid dienone is 4. The van der Waals surface area contributed by atoms with E-state index in [1.165, 1.54) is 0 Å². The van der Waals surface area contributed by atoms with Crippen LogP contribution in [0, 0.1) is 10.8 Å². The SMILES string of the molecule is COCCN1C2=C(C(=O)CC(C)(C)C2)C(c2cc(Br)c(OCC(=O)O)c(Br)c2)C2=C1CC(C)(C)CC2=O. The standard InChI is InChI=1S/C28H33Br2NO6/c1-27(2)10-18-24(20(32)12-27)23(15-8-16(29)26(17(30)9-15)37-14-22(34)35)25-19(31(18)6-7-36-5)11-28(3,4)13-21(25)33/h8-9,23H,6-7,10-14H2,1-5H3,(H,34,35). The van der Waals surface area contributed by atoms with E-state index in [2.05, 4.69) is 64.5 Å². The van der Waals surface area contributed by atoms with Crippen molar-refractivity contribution in [1.82, 2.24) is 4.90 Å². The zero-order valence-corrected chi connectivity index (χ0v) is 25.0. The first kappa shape index (κ1) is 28.0. The van der Waals surface area contributed by atoms with Crippen molar-refractivity contribution in [3.05, 3.63) is 49.2 Å². The maximum Gasteiger partial charge on any atom is 0.341 e. The Morgan fingerprint density at radius 2 is 1.46 bits per heavy atom. The topological polar surface area (TPSA) is 93.1 Å². The number of carboxylic acids is 1. The number of carbonyl (C=O) groups excluding carboxylic acids is 2. The van der Waals surface area contributed by atoms with Crippen molar-refractivity contribution >= 4 is 49.4 Å². The van der Waals surface area contributed by atoms with E-state index in [0.717, 1.165) is 29.8 Å². The Hall–Kier alpha value is -1.97. The molecule has 0 fully saturated rings. The van der Waals surface area contributed by atoms with Gasteiger partial charge in [-0.15, -0.1) is 0 Å². The number of carbonyl (C=O) groups is 3. The lowest BCUT2D eigenvalue weighted by molar-refractivity contribution is -0.139. The molecule has 0 bridgehead atoms. The summed E-state index contributed by atoms with van der Waals surface area (Å²) in [6.45, 7) is 9.01. The van der Waals surface area contributed by atoms with Gasteiger partial charge in [-0.25, -0.2) is 4.79 Å². The Labute approximate surface area is 234 Å². The van der Waals surface area contributed by atoms with E-state index in [9.17, 15) is 14.4 Å². The van der Waals surface area contributed by atoms with Crippen molar-refractivity contribution in [3.63, 3.8) is 0 Å². The predicted molar refractivity (Wildman–Crippen MR) is 146 cm³/mol. The summed E-state index contributed by atoms with van der Waals surface area (Å²) in [4.78, 5) is 40.9. The van der Waals surface area contributed by atoms with Crippen LogP contribution >= 0.6 is 31.9 Å². The van der Waals surface area contributed by atoms with Crippen LogP contribution < -0.4 is 4.74 Å². The summed E-state index contributed by atoms with van der Waals surface area (Å²) < 4.78 is 12.0.